The van der Waals surface area contributed by atoms with Gasteiger partial charge in [0.15, 0.2) is 6.10 Å². The van der Waals surface area contributed by atoms with Crippen LogP contribution in [-0.2, 0) is 28.6 Å². The van der Waals surface area contributed by atoms with Crippen LogP contribution in [0.25, 0.3) is 0 Å². The van der Waals surface area contributed by atoms with Gasteiger partial charge >= 0.3 is 17.9 Å². The molecule has 448 valence electrons. The van der Waals surface area contributed by atoms with E-state index in [0.717, 1.165) is 89.9 Å². The number of esters is 3. The first kappa shape index (κ1) is 74.1. The van der Waals surface area contributed by atoms with Crippen molar-refractivity contribution in [2.75, 3.05) is 13.2 Å². The predicted octanol–water partition coefficient (Wildman–Crippen LogP) is 23.1. The summed E-state index contributed by atoms with van der Waals surface area (Å²) in [5, 5.41) is 0. The molecule has 0 fully saturated rings. The third-order valence-electron chi connectivity index (χ3n) is 15.0. The van der Waals surface area contributed by atoms with Gasteiger partial charge < -0.3 is 14.2 Å². The van der Waals surface area contributed by atoms with E-state index >= 15 is 0 Å². The number of allylic oxidation sites excluding steroid dienone is 10. The first-order valence-corrected chi connectivity index (χ1v) is 33.8. The third-order valence-corrected chi connectivity index (χ3v) is 15.0. The van der Waals surface area contributed by atoms with Gasteiger partial charge in [0, 0.05) is 19.3 Å². The normalized spacial score (nSPS) is 12.4. The van der Waals surface area contributed by atoms with Crippen LogP contribution in [0.15, 0.2) is 60.8 Å². The molecule has 0 aliphatic carbocycles. The summed E-state index contributed by atoms with van der Waals surface area (Å²) >= 11 is 0. The average molecular weight is 1080 g/mol. The molecule has 6 nitrogen and oxygen atoms in total. The Bertz CT molecular complexity index is 1380. The molecule has 0 aromatic rings. The van der Waals surface area contributed by atoms with Crippen LogP contribution < -0.4 is 0 Å². The minimum absolute atomic E-state index is 0.0715. The van der Waals surface area contributed by atoms with E-state index in [9.17, 15) is 14.4 Å². The lowest BCUT2D eigenvalue weighted by atomic mass is 10.0. The summed E-state index contributed by atoms with van der Waals surface area (Å²) in [5.41, 5.74) is 0. The third kappa shape index (κ3) is 63.8. The molecule has 0 N–H and O–H groups in total. The number of hydrogen-bond donors (Lipinski definition) is 0. The highest BCUT2D eigenvalue weighted by molar-refractivity contribution is 5.71. The molecule has 0 amide bonds. The molecule has 0 aromatic carbocycles. The van der Waals surface area contributed by atoms with Gasteiger partial charge in [-0.05, 0) is 83.5 Å². The van der Waals surface area contributed by atoms with Gasteiger partial charge in [-0.25, -0.2) is 0 Å². The Kier molecular flexibility index (Phi) is 63.2. The molecule has 77 heavy (non-hydrogen) atoms. The SMILES string of the molecule is CC/C=C\C/C=C\C/C=C\C/C=C\CCCCCCCCCCCCCCCCCCCCC(=O)OCC(COC(=O)CCCCCCCCCCCCCCC)OC(=O)CCCCCCC/C=C\CCCCCCCC. The topological polar surface area (TPSA) is 78.9 Å². The zero-order valence-electron chi connectivity index (χ0n) is 51.5. The fourth-order valence-electron chi connectivity index (χ4n) is 9.96. The molecule has 1 atom stereocenters. The van der Waals surface area contributed by atoms with E-state index in [1.165, 1.54) is 225 Å². The molecule has 0 radical (unpaired) electrons. The quantitative estimate of drug-likeness (QED) is 0.0261. The maximum atomic E-state index is 12.9. The maximum Gasteiger partial charge on any atom is 0.306 e. The molecule has 6 heteroatoms. The Morgan fingerprint density at radius 1 is 0.273 bits per heavy atom. The van der Waals surface area contributed by atoms with Crippen molar-refractivity contribution in [2.24, 2.45) is 0 Å². The number of hydrogen-bond acceptors (Lipinski definition) is 6. The van der Waals surface area contributed by atoms with Crippen molar-refractivity contribution in [1.82, 2.24) is 0 Å². The molecule has 0 saturated carbocycles. The number of unbranched alkanes of at least 4 members (excludes halogenated alkanes) is 41. The second-order valence-corrected chi connectivity index (χ2v) is 22.7. The van der Waals surface area contributed by atoms with Crippen molar-refractivity contribution in [1.29, 1.82) is 0 Å². The lowest BCUT2D eigenvalue weighted by Gasteiger charge is -2.18. The highest BCUT2D eigenvalue weighted by Crippen LogP contribution is 2.18. The Labute approximate surface area is 479 Å². The Morgan fingerprint density at radius 2 is 0.506 bits per heavy atom. The van der Waals surface area contributed by atoms with Crippen molar-refractivity contribution in [3.05, 3.63) is 60.8 Å². The van der Waals surface area contributed by atoms with Crippen molar-refractivity contribution in [3.63, 3.8) is 0 Å². The first-order chi connectivity index (χ1) is 38.0. The van der Waals surface area contributed by atoms with Gasteiger partial charge in [0.25, 0.3) is 0 Å². The smallest absolute Gasteiger partial charge is 0.306 e. The Balaban J connectivity index is 4.14. The van der Waals surface area contributed by atoms with Crippen molar-refractivity contribution >= 4 is 17.9 Å². The van der Waals surface area contributed by atoms with Crippen molar-refractivity contribution < 1.29 is 28.6 Å². The van der Waals surface area contributed by atoms with Gasteiger partial charge in [0.2, 0.25) is 0 Å². The predicted molar refractivity (Wildman–Crippen MR) is 335 cm³/mol. The highest BCUT2D eigenvalue weighted by Gasteiger charge is 2.19. The molecule has 0 bridgehead atoms. The second-order valence-electron chi connectivity index (χ2n) is 22.7. The van der Waals surface area contributed by atoms with E-state index in [4.69, 9.17) is 14.2 Å². The molecule has 0 heterocycles. The minimum atomic E-state index is -0.775. The first-order valence-electron chi connectivity index (χ1n) is 33.8. The molecule has 0 aromatic heterocycles. The summed E-state index contributed by atoms with van der Waals surface area (Å²) in [6.07, 6.45) is 83.9. The lowest BCUT2D eigenvalue weighted by Crippen LogP contribution is -2.30. The van der Waals surface area contributed by atoms with Crippen LogP contribution >= 0.6 is 0 Å². The molecule has 0 aliphatic rings. The Hall–Kier alpha value is -2.89. The lowest BCUT2D eigenvalue weighted by molar-refractivity contribution is -0.167. The molecule has 0 spiro atoms. The highest BCUT2D eigenvalue weighted by atomic mass is 16.6. The van der Waals surface area contributed by atoms with Crippen molar-refractivity contribution in [2.45, 2.75) is 361 Å². The van der Waals surface area contributed by atoms with Crippen LogP contribution in [0.2, 0.25) is 0 Å². The van der Waals surface area contributed by atoms with Crippen LogP contribution in [0.3, 0.4) is 0 Å². The summed E-state index contributed by atoms with van der Waals surface area (Å²) in [7, 11) is 0. The van der Waals surface area contributed by atoms with Crippen LogP contribution in [0.1, 0.15) is 355 Å². The minimum Gasteiger partial charge on any atom is -0.462 e. The molecule has 0 rings (SSSR count). The van der Waals surface area contributed by atoms with Crippen LogP contribution in [0.5, 0.6) is 0 Å². The number of carbonyl (C=O) groups is 3. The monoisotopic (exact) mass is 1080 g/mol. The summed E-state index contributed by atoms with van der Waals surface area (Å²) in [5.74, 6) is -0.858. The van der Waals surface area contributed by atoms with E-state index < -0.39 is 6.10 Å². The summed E-state index contributed by atoms with van der Waals surface area (Å²) in [6.45, 7) is 6.56. The van der Waals surface area contributed by atoms with Crippen molar-refractivity contribution in [3.8, 4) is 0 Å². The molecule has 1 unspecified atom stereocenters. The maximum absolute atomic E-state index is 12.9. The zero-order chi connectivity index (χ0) is 55.7. The second kappa shape index (κ2) is 65.6. The standard InChI is InChI=1S/C71H128O6/c1-4-7-10-13-16-19-22-25-27-28-29-30-31-32-33-34-35-36-37-38-39-40-41-42-44-46-49-52-55-58-61-64-70(73)76-67-68(66-75-69(72)63-60-57-54-51-48-45-24-21-18-15-12-9-6-3)77-71(74)65-62-59-56-53-50-47-43-26-23-20-17-14-11-8-5-2/h7,10,16,19,25-27,29-30,43,68H,4-6,8-9,11-15,17-18,20-24,28,31-42,44-67H2,1-3H3/b10-7-,19-16-,27-25-,30-29-,43-26-. The molecule has 0 aliphatic heterocycles. The molecular formula is C71H128O6. The number of carbonyl (C=O) groups excluding carboxylic acids is 3. The van der Waals surface area contributed by atoms with Crippen LogP contribution in [0.4, 0.5) is 0 Å². The summed E-state index contributed by atoms with van der Waals surface area (Å²) < 4.78 is 16.9. The van der Waals surface area contributed by atoms with E-state index in [2.05, 4.69) is 81.5 Å². The fourth-order valence-corrected chi connectivity index (χ4v) is 9.96. The van der Waals surface area contributed by atoms with Crippen LogP contribution in [0, 0.1) is 0 Å². The molecule has 0 saturated heterocycles. The summed E-state index contributed by atoms with van der Waals surface area (Å²) in [4.78, 5) is 38.3. The number of rotatable bonds is 62. The fraction of sp³-hybridized carbons (Fsp3) is 0.817. The van der Waals surface area contributed by atoms with Gasteiger partial charge in [-0.1, -0.05) is 313 Å². The van der Waals surface area contributed by atoms with Crippen LogP contribution in [-0.4, -0.2) is 37.2 Å². The average Bonchev–Trinajstić information content (AvgIpc) is 3.43. The number of ether oxygens (including phenoxy) is 3. The van der Waals surface area contributed by atoms with Gasteiger partial charge in [-0.3, -0.25) is 14.4 Å². The Morgan fingerprint density at radius 3 is 0.805 bits per heavy atom. The zero-order valence-corrected chi connectivity index (χ0v) is 51.5. The largest absolute Gasteiger partial charge is 0.462 e. The van der Waals surface area contributed by atoms with Gasteiger partial charge in [0.05, 0.1) is 0 Å². The van der Waals surface area contributed by atoms with Gasteiger partial charge in [-0.15, -0.1) is 0 Å². The van der Waals surface area contributed by atoms with E-state index in [1.54, 1.807) is 0 Å². The van der Waals surface area contributed by atoms with Gasteiger partial charge in [-0.2, -0.15) is 0 Å². The van der Waals surface area contributed by atoms with E-state index in [-0.39, 0.29) is 31.1 Å². The molecular weight excluding hydrogens is 949 g/mol. The summed E-state index contributed by atoms with van der Waals surface area (Å²) in [6, 6.07) is 0. The van der Waals surface area contributed by atoms with Gasteiger partial charge in [0.1, 0.15) is 13.2 Å². The van der Waals surface area contributed by atoms with E-state index in [0.29, 0.717) is 19.3 Å². The van der Waals surface area contributed by atoms with E-state index in [1.807, 2.05) is 0 Å².